The fraction of sp³-hybridized carbons (Fsp3) is 0.846. The molecule has 0 radical (unpaired) electrons. The molecule has 0 aromatic rings. The van der Waals surface area contributed by atoms with Gasteiger partial charge in [0, 0.05) is 5.92 Å². The van der Waals surface area contributed by atoms with Crippen LogP contribution in [0.25, 0.3) is 0 Å². The van der Waals surface area contributed by atoms with E-state index < -0.39 is 5.60 Å². The van der Waals surface area contributed by atoms with Gasteiger partial charge in [-0.1, -0.05) is 85.3 Å². The van der Waals surface area contributed by atoms with Gasteiger partial charge in [0.2, 0.25) is 0 Å². The molecule has 0 fully saturated rings. The van der Waals surface area contributed by atoms with Crippen LogP contribution in [0.2, 0.25) is 0 Å². The molecule has 2 nitrogen and oxygen atoms in total. The predicted molar refractivity (Wildman–Crippen MR) is 122 cm³/mol. The summed E-state index contributed by atoms with van der Waals surface area (Å²) in [5.41, 5.74) is 0.917. The van der Waals surface area contributed by atoms with Crippen LogP contribution in [0, 0.1) is 17.8 Å². The number of unbranched alkanes of at least 4 members (excludes halogenated alkanes) is 3. The molecule has 0 aliphatic heterocycles. The predicted octanol–water partition coefficient (Wildman–Crippen LogP) is 7.82. The van der Waals surface area contributed by atoms with Gasteiger partial charge < -0.3 is 9.84 Å². The van der Waals surface area contributed by atoms with Crippen molar-refractivity contribution in [3.05, 3.63) is 23.5 Å². The van der Waals surface area contributed by atoms with Gasteiger partial charge in [-0.25, -0.2) is 0 Å². The van der Waals surface area contributed by atoms with Crippen molar-refractivity contribution in [2.24, 2.45) is 17.8 Å². The van der Waals surface area contributed by atoms with Crippen LogP contribution in [0.5, 0.6) is 0 Å². The quantitative estimate of drug-likeness (QED) is 0.288. The summed E-state index contributed by atoms with van der Waals surface area (Å²) in [4.78, 5) is 0. The summed E-state index contributed by atoms with van der Waals surface area (Å²) in [7, 11) is 0. The SMILES string of the molecule is CCCCCC(C)(O)CCCC(C)CCCCOC1=C(CC)C=CC(C)C1C. The monoisotopic (exact) mass is 392 g/mol. The fourth-order valence-corrected chi connectivity index (χ4v) is 4.20. The van der Waals surface area contributed by atoms with E-state index in [2.05, 4.69) is 46.8 Å². The summed E-state index contributed by atoms with van der Waals surface area (Å²) in [6.07, 6.45) is 17.2. The summed E-state index contributed by atoms with van der Waals surface area (Å²) < 4.78 is 6.22. The molecule has 1 N–H and O–H groups in total. The summed E-state index contributed by atoms with van der Waals surface area (Å²) in [6, 6.07) is 0. The number of rotatable bonds is 15. The molecule has 0 heterocycles. The molecule has 0 saturated heterocycles. The highest BCUT2D eigenvalue weighted by Gasteiger charge is 2.22. The maximum Gasteiger partial charge on any atom is 0.102 e. The Labute approximate surface area is 175 Å². The second-order valence-corrected chi connectivity index (χ2v) is 9.55. The third kappa shape index (κ3) is 9.63. The molecule has 4 unspecified atom stereocenters. The van der Waals surface area contributed by atoms with Crippen LogP contribution in [0.4, 0.5) is 0 Å². The van der Waals surface area contributed by atoms with Crippen molar-refractivity contribution in [1.29, 1.82) is 0 Å². The topological polar surface area (TPSA) is 29.5 Å². The zero-order chi connectivity index (χ0) is 21.0. The minimum atomic E-state index is -0.463. The van der Waals surface area contributed by atoms with Gasteiger partial charge in [0.25, 0.3) is 0 Å². The Hall–Kier alpha value is -0.760. The van der Waals surface area contributed by atoms with Crippen LogP contribution in [-0.4, -0.2) is 17.3 Å². The minimum Gasteiger partial charge on any atom is -0.497 e. The molecule has 0 amide bonds. The van der Waals surface area contributed by atoms with E-state index in [1.54, 1.807) is 0 Å². The first-order valence-corrected chi connectivity index (χ1v) is 12.1. The Morgan fingerprint density at radius 2 is 1.71 bits per heavy atom. The van der Waals surface area contributed by atoms with Crippen molar-refractivity contribution in [3.63, 3.8) is 0 Å². The summed E-state index contributed by atoms with van der Waals surface area (Å²) in [6.45, 7) is 14.2. The van der Waals surface area contributed by atoms with Gasteiger partial charge in [0.15, 0.2) is 0 Å². The first kappa shape index (κ1) is 25.3. The lowest BCUT2D eigenvalue weighted by Gasteiger charge is -2.27. The molecule has 0 aromatic heterocycles. The molecule has 28 heavy (non-hydrogen) atoms. The molecule has 0 spiro atoms. The van der Waals surface area contributed by atoms with E-state index in [1.165, 1.54) is 43.4 Å². The van der Waals surface area contributed by atoms with Gasteiger partial charge in [0.1, 0.15) is 5.76 Å². The van der Waals surface area contributed by atoms with Gasteiger partial charge in [-0.05, 0) is 56.4 Å². The molecule has 0 aromatic carbocycles. The van der Waals surface area contributed by atoms with Gasteiger partial charge in [0.05, 0.1) is 12.2 Å². The number of aliphatic hydroxyl groups is 1. The van der Waals surface area contributed by atoms with Crippen molar-refractivity contribution in [2.45, 2.75) is 118 Å². The molecular weight excluding hydrogens is 344 g/mol. The van der Waals surface area contributed by atoms with Crippen molar-refractivity contribution in [1.82, 2.24) is 0 Å². The second-order valence-electron chi connectivity index (χ2n) is 9.55. The van der Waals surface area contributed by atoms with Crippen LogP contribution < -0.4 is 0 Å². The zero-order valence-corrected chi connectivity index (χ0v) is 19.7. The van der Waals surface area contributed by atoms with E-state index in [-0.39, 0.29) is 0 Å². The molecule has 164 valence electrons. The van der Waals surface area contributed by atoms with Gasteiger partial charge in [-0.2, -0.15) is 0 Å². The van der Waals surface area contributed by atoms with E-state index in [1.807, 2.05) is 6.92 Å². The second kappa shape index (κ2) is 13.5. The first-order chi connectivity index (χ1) is 13.3. The van der Waals surface area contributed by atoms with Crippen molar-refractivity contribution in [2.75, 3.05) is 6.61 Å². The molecule has 1 rings (SSSR count). The minimum absolute atomic E-state index is 0.463. The van der Waals surface area contributed by atoms with Gasteiger partial charge >= 0.3 is 0 Å². The van der Waals surface area contributed by atoms with Crippen LogP contribution in [-0.2, 0) is 4.74 Å². The average molecular weight is 393 g/mol. The van der Waals surface area contributed by atoms with Crippen molar-refractivity contribution >= 4 is 0 Å². The van der Waals surface area contributed by atoms with E-state index in [0.717, 1.165) is 51.0 Å². The van der Waals surface area contributed by atoms with E-state index in [9.17, 15) is 5.11 Å². The number of hydrogen-bond acceptors (Lipinski definition) is 2. The molecule has 2 heteroatoms. The van der Waals surface area contributed by atoms with Gasteiger partial charge in [-0.15, -0.1) is 0 Å². The molecule has 0 bridgehead atoms. The molecule has 1 aliphatic carbocycles. The number of ether oxygens (including phenoxy) is 1. The molecule has 4 atom stereocenters. The Balaban J connectivity index is 2.17. The van der Waals surface area contributed by atoms with E-state index >= 15 is 0 Å². The average Bonchev–Trinajstić information content (AvgIpc) is 2.64. The molecule has 1 aliphatic rings. The van der Waals surface area contributed by atoms with E-state index in [0.29, 0.717) is 11.8 Å². The van der Waals surface area contributed by atoms with Crippen LogP contribution in [0.1, 0.15) is 112 Å². The first-order valence-electron chi connectivity index (χ1n) is 12.1. The Bertz CT molecular complexity index is 475. The fourth-order valence-electron chi connectivity index (χ4n) is 4.20. The lowest BCUT2D eigenvalue weighted by Crippen LogP contribution is -2.23. The Morgan fingerprint density at radius 1 is 1.04 bits per heavy atom. The largest absolute Gasteiger partial charge is 0.497 e. The lowest BCUT2D eigenvalue weighted by atomic mass is 9.86. The van der Waals surface area contributed by atoms with Gasteiger partial charge in [-0.3, -0.25) is 0 Å². The highest BCUT2D eigenvalue weighted by atomic mass is 16.5. The summed E-state index contributed by atoms with van der Waals surface area (Å²) >= 11 is 0. The number of hydrogen-bond donors (Lipinski definition) is 1. The van der Waals surface area contributed by atoms with Crippen molar-refractivity contribution in [3.8, 4) is 0 Å². The van der Waals surface area contributed by atoms with E-state index in [4.69, 9.17) is 4.74 Å². The molecule has 0 saturated carbocycles. The van der Waals surface area contributed by atoms with Crippen LogP contribution >= 0.6 is 0 Å². The third-order valence-electron chi connectivity index (χ3n) is 6.58. The smallest absolute Gasteiger partial charge is 0.102 e. The standard InChI is InChI=1S/C26H48O2/c1-7-9-11-18-26(6,27)19-13-15-21(3)14-10-12-20-28-25-23(5)22(4)16-17-24(25)8-2/h16-17,21-23,27H,7-15,18-20H2,1-6H3. The van der Waals surface area contributed by atoms with Crippen LogP contribution in [0.3, 0.4) is 0 Å². The Morgan fingerprint density at radius 3 is 2.39 bits per heavy atom. The van der Waals surface area contributed by atoms with Crippen molar-refractivity contribution < 1.29 is 9.84 Å². The Kier molecular flexibility index (Phi) is 12.2. The maximum atomic E-state index is 10.5. The highest BCUT2D eigenvalue weighted by molar-refractivity contribution is 5.29. The maximum absolute atomic E-state index is 10.5. The summed E-state index contributed by atoms with van der Waals surface area (Å²) in [5, 5.41) is 10.5. The zero-order valence-electron chi connectivity index (χ0n) is 19.7. The molecular formula is C26H48O2. The highest BCUT2D eigenvalue weighted by Crippen LogP contribution is 2.32. The normalized spacial score (nSPS) is 23.0. The van der Waals surface area contributed by atoms with Crippen LogP contribution in [0.15, 0.2) is 23.5 Å². The lowest BCUT2D eigenvalue weighted by molar-refractivity contribution is 0.0358. The summed E-state index contributed by atoms with van der Waals surface area (Å²) in [5.74, 6) is 3.05. The number of allylic oxidation sites excluding steroid dienone is 4. The third-order valence-corrected chi connectivity index (χ3v) is 6.58.